The van der Waals surface area contributed by atoms with E-state index in [0.29, 0.717) is 5.92 Å². The molecule has 1 N–H and O–H groups in total. The molecular formula is C9H16N4. The normalized spacial score (nSPS) is 16.2. The van der Waals surface area contributed by atoms with Gasteiger partial charge in [-0.1, -0.05) is 0 Å². The lowest BCUT2D eigenvalue weighted by atomic mass is 10.4. The Bertz CT molecular complexity index is 288. The number of hydrogen-bond acceptors (Lipinski definition) is 3. The molecule has 1 aliphatic rings. The first-order valence-electron chi connectivity index (χ1n) is 5.03. The number of nitrogens with one attached hydrogen (secondary N) is 1. The maximum atomic E-state index is 4.22. The molecule has 1 saturated carbocycles. The number of rotatable bonds is 4. The van der Waals surface area contributed by atoms with Crippen LogP contribution < -0.4 is 5.32 Å². The van der Waals surface area contributed by atoms with Gasteiger partial charge >= 0.3 is 0 Å². The first-order valence-corrected chi connectivity index (χ1v) is 5.03. The minimum atomic E-state index is 0.680. The third-order valence-corrected chi connectivity index (χ3v) is 2.37. The van der Waals surface area contributed by atoms with Gasteiger partial charge in [0.2, 0.25) is 5.95 Å². The van der Waals surface area contributed by atoms with Gasteiger partial charge in [-0.15, -0.1) is 10.2 Å². The van der Waals surface area contributed by atoms with Gasteiger partial charge in [0.05, 0.1) is 0 Å². The summed E-state index contributed by atoms with van der Waals surface area (Å²) in [7, 11) is 0. The van der Waals surface area contributed by atoms with Crippen LogP contribution in [0, 0.1) is 0 Å². The van der Waals surface area contributed by atoms with Crippen molar-refractivity contribution in [2.45, 2.75) is 39.2 Å². The fourth-order valence-electron chi connectivity index (χ4n) is 1.56. The average Bonchev–Trinajstić information content (AvgIpc) is 2.89. The summed E-state index contributed by atoms with van der Waals surface area (Å²) in [6.07, 6.45) is 2.56. The molecule has 1 aromatic rings. The SMILES string of the molecule is CCNc1nnc(C2CC2)n1CC. The lowest BCUT2D eigenvalue weighted by Gasteiger charge is -2.06. The Morgan fingerprint density at radius 2 is 2.15 bits per heavy atom. The molecule has 2 rings (SSSR count). The molecule has 4 heteroatoms. The second kappa shape index (κ2) is 3.36. The molecule has 0 saturated heterocycles. The molecule has 0 amide bonds. The highest BCUT2D eigenvalue weighted by Crippen LogP contribution is 2.39. The lowest BCUT2D eigenvalue weighted by Crippen LogP contribution is -2.07. The molecule has 72 valence electrons. The van der Waals surface area contributed by atoms with Gasteiger partial charge in [-0.05, 0) is 26.7 Å². The zero-order valence-corrected chi connectivity index (χ0v) is 8.25. The van der Waals surface area contributed by atoms with E-state index >= 15 is 0 Å². The van der Waals surface area contributed by atoms with Crippen molar-refractivity contribution in [3.63, 3.8) is 0 Å². The third kappa shape index (κ3) is 1.53. The van der Waals surface area contributed by atoms with Crippen molar-refractivity contribution in [1.82, 2.24) is 14.8 Å². The summed E-state index contributed by atoms with van der Waals surface area (Å²) in [5.74, 6) is 2.77. The Balaban J connectivity index is 2.24. The lowest BCUT2D eigenvalue weighted by molar-refractivity contribution is 0.704. The van der Waals surface area contributed by atoms with E-state index in [9.17, 15) is 0 Å². The van der Waals surface area contributed by atoms with Crippen LogP contribution in [-0.4, -0.2) is 21.3 Å². The first-order chi connectivity index (χ1) is 6.36. The number of anilines is 1. The predicted octanol–water partition coefficient (Wildman–Crippen LogP) is 1.61. The molecule has 0 unspecified atom stereocenters. The van der Waals surface area contributed by atoms with Crippen LogP contribution in [0.25, 0.3) is 0 Å². The molecule has 1 fully saturated rings. The highest BCUT2D eigenvalue weighted by Gasteiger charge is 2.29. The van der Waals surface area contributed by atoms with Gasteiger partial charge in [0.1, 0.15) is 5.82 Å². The summed E-state index contributed by atoms with van der Waals surface area (Å²) in [5, 5.41) is 11.6. The fourth-order valence-corrected chi connectivity index (χ4v) is 1.56. The van der Waals surface area contributed by atoms with Crippen molar-refractivity contribution in [3.8, 4) is 0 Å². The molecule has 0 atom stereocenters. The van der Waals surface area contributed by atoms with E-state index in [1.54, 1.807) is 0 Å². The van der Waals surface area contributed by atoms with E-state index in [2.05, 4.69) is 33.9 Å². The van der Waals surface area contributed by atoms with Gasteiger partial charge in [0.15, 0.2) is 0 Å². The van der Waals surface area contributed by atoms with Crippen LogP contribution in [-0.2, 0) is 6.54 Å². The van der Waals surface area contributed by atoms with Crippen LogP contribution in [0.1, 0.15) is 38.4 Å². The molecule has 0 spiro atoms. The minimum absolute atomic E-state index is 0.680. The summed E-state index contributed by atoms with van der Waals surface area (Å²) < 4.78 is 2.18. The summed E-state index contributed by atoms with van der Waals surface area (Å²) in [4.78, 5) is 0. The predicted molar refractivity (Wildman–Crippen MR) is 51.8 cm³/mol. The molecule has 0 radical (unpaired) electrons. The van der Waals surface area contributed by atoms with Crippen molar-refractivity contribution in [3.05, 3.63) is 5.82 Å². The summed E-state index contributed by atoms with van der Waals surface area (Å²) >= 11 is 0. The molecule has 4 nitrogen and oxygen atoms in total. The fraction of sp³-hybridized carbons (Fsp3) is 0.778. The van der Waals surface area contributed by atoms with Crippen molar-refractivity contribution < 1.29 is 0 Å². The van der Waals surface area contributed by atoms with Crippen LogP contribution in [0.4, 0.5) is 5.95 Å². The Morgan fingerprint density at radius 1 is 1.38 bits per heavy atom. The summed E-state index contributed by atoms with van der Waals surface area (Å²) in [5.41, 5.74) is 0. The van der Waals surface area contributed by atoms with Crippen molar-refractivity contribution in [2.75, 3.05) is 11.9 Å². The van der Waals surface area contributed by atoms with Crippen LogP contribution in [0.15, 0.2) is 0 Å². The van der Waals surface area contributed by atoms with Crippen LogP contribution in [0.2, 0.25) is 0 Å². The highest BCUT2D eigenvalue weighted by molar-refractivity contribution is 5.27. The van der Waals surface area contributed by atoms with Gasteiger partial charge in [0.25, 0.3) is 0 Å². The second-order valence-corrected chi connectivity index (χ2v) is 3.43. The number of nitrogens with zero attached hydrogens (tertiary/aromatic N) is 3. The standard InChI is InChI=1S/C9H16N4/c1-3-10-9-12-11-8(7-5-6-7)13(9)4-2/h7H,3-6H2,1-2H3,(H,10,12). The smallest absolute Gasteiger partial charge is 0.224 e. The van der Waals surface area contributed by atoms with Crippen molar-refractivity contribution in [1.29, 1.82) is 0 Å². The third-order valence-electron chi connectivity index (χ3n) is 2.37. The van der Waals surface area contributed by atoms with Crippen LogP contribution >= 0.6 is 0 Å². The first kappa shape index (κ1) is 8.53. The number of hydrogen-bond donors (Lipinski definition) is 1. The Labute approximate surface area is 78.4 Å². The average molecular weight is 180 g/mol. The minimum Gasteiger partial charge on any atom is -0.355 e. The topological polar surface area (TPSA) is 42.7 Å². The van der Waals surface area contributed by atoms with Crippen molar-refractivity contribution in [2.24, 2.45) is 0 Å². The summed E-state index contributed by atoms with van der Waals surface area (Å²) in [6.45, 7) is 6.07. The van der Waals surface area contributed by atoms with E-state index in [4.69, 9.17) is 0 Å². The van der Waals surface area contributed by atoms with E-state index in [1.165, 1.54) is 18.7 Å². The van der Waals surface area contributed by atoms with E-state index in [1.807, 2.05) is 0 Å². The van der Waals surface area contributed by atoms with E-state index in [0.717, 1.165) is 19.0 Å². The molecule has 1 heterocycles. The zero-order chi connectivity index (χ0) is 9.26. The second-order valence-electron chi connectivity index (χ2n) is 3.43. The van der Waals surface area contributed by atoms with E-state index in [-0.39, 0.29) is 0 Å². The highest BCUT2D eigenvalue weighted by atomic mass is 15.4. The zero-order valence-electron chi connectivity index (χ0n) is 8.25. The Kier molecular flexibility index (Phi) is 2.20. The monoisotopic (exact) mass is 180 g/mol. The maximum absolute atomic E-state index is 4.22. The van der Waals surface area contributed by atoms with Gasteiger partial charge in [-0.3, -0.25) is 4.57 Å². The molecule has 0 aliphatic heterocycles. The quantitative estimate of drug-likeness (QED) is 0.765. The largest absolute Gasteiger partial charge is 0.355 e. The maximum Gasteiger partial charge on any atom is 0.224 e. The summed E-state index contributed by atoms with van der Waals surface area (Å²) in [6, 6.07) is 0. The molecule has 0 aromatic carbocycles. The van der Waals surface area contributed by atoms with Gasteiger partial charge in [0, 0.05) is 19.0 Å². The Morgan fingerprint density at radius 3 is 2.69 bits per heavy atom. The van der Waals surface area contributed by atoms with Gasteiger partial charge < -0.3 is 5.32 Å². The van der Waals surface area contributed by atoms with Crippen molar-refractivity contribution >= 4 is 5.95 Å². The van der Waals surface area contributed by atoms with Gasteiger partial charge in [-0.25, -0.2) is 0 Å². The number of aromatic nitrogens is 3. The van der Waals surface area contributed by atoms with Crippen LogP contribution in [0.5, 0.6) is 0 Å². The molecule has 13 heavy (non-hydrogen) atoms. The molecule has 1 aromatic heterocycles. The molecule has 0 bridgehead atoms. The molecular weight excluding hydrogens is 164 g/mol. The molecule has 1 aliphatic carbocycles. The Hall–Kier alpha value is -1.06. The van der Waals surface area contributed by atoms with E-state index < -0.39 is 0 Å². The van der Waals surface area contributed by atoms with Gasteiger partial charge in [-0.2, -0.15) is 0 Å². The van der Waals surface area contributed by atoms with Crippen LogP contribution in [0.3, 0.4) is 0 Å².